The first-order valence-corrected chi connectivity index (χ1v) is 6.98. The largest absolute Gasteiger partial charge is 0.0654 e. The fourth-order valence-electron chi connectivity index (χ4n) is 1.49. The quantitative estimate of drug-likeness (QED) is 0.435. The van der Waals surface area contributed by atoms with Crippen LogP contribution in [0.5, 0.6) is 0 Å². The molecule has 0 saturated heterocycles. The summed E-state index contributed by atoms with van der Waals surface area (Å²) in [6.07, 6.45) is 8.59. The molecule has 0 fully saturated rings. The molecule has 0 aliphatic heterocycles. The number of rotatable bonds is 7. The summed E-state index contributed by atoms with van der Waals surface area (Å²) in [5, 5.41) is 0.644. The van der Waals surface area contributed by atoms with Gasteiger partial charge in [-0.3, -0.25) is 0 Å². The Morgan fingerprint density at radius 2 is 1.62 bits per heavy atom. The highest BCUT2D eigenvalue weighted by Gasteiger charge is 2.18. The molecule has 1 unspecified atom stereocenters. The van der Waals surface area contributed by atoms with E-state index in [-0.39, 0.29) is 0 Å². The van der Waals surface area contributed by atoms with Crippen molar-refractivity contribution >= 4 is 10.2 Å². The zero-order valence-electron chi connectivity index (χ0n) is 10.3. The normalized spacial score (nSPS) is 14.8. The van der Waals surface area contributed by atoms with Crippen molar-refractivity contribution in [3.05, 3.63) is 0 Å². The zero-order valence-corrected chi connectivity index (χ0v) is 12.3. The first-order chi connectivity index (χ1) is 5.98. The van der Waals surface area contributed by atoms with E-state index in [1.165, 1.54) is 48.8 Å². The lowest BCUT2D eigenvalue weighted by Crippen LogP contribution is -2.13. The van der Waals surface area contributed by atoms with Crippen LogP contribution in [0.3, 0.4) is 0 Å². The summed E-state index contributed by atoms with van der Waals surface area (Å²) in [4.78, 5) is 0. The molecule has 0 spiro atoms. The molecular weight excluding hydrogens is 172 g/mol. The maximum Gasteiger partial charge on any atom is 0.0103 e. The summed E-state index contributed by atoms with van der Waals surface area (Å²) in [5.41, 5.74) is 0. The average Bonchev–Trinajstić information content (AvgIpc) is 2.02. The number of hydrogen-bond acceptors (Lipinski definition) is 0. The molecule has 1 atom stereocenters. The number of unbranched alkanes of at least 4 members (excludes halogenated alkanes) is 4. The van der Waals surface area contributed by atoms with Gasteiger partial charge in [0.1, 0.15) is 0 Å². The van der Waals surface area contributed by atoms with Gasteiger partial charge in [-0.25, -0.2) is 0 Å². The highest BCUT2D eigenvalue weighted by Crippen LogP contribution is 2.33. The third kappa shape index (κ3) is 7.30. The molecular formula is C12H28Si. The van der Waals surface area contributed by atoms with E-state index in [0.29, 0.717) is 5.04 Å². The van der Waals surface area contributed by atoms with Crippen LogP contribution < -0.4 is 0 Å². The van der Waals surface area contributed by atoms with Crippen molar-refractivity contribution in [3.8, 4) is 0 Å². The van der Waals surface area contributed by atoms with Crippen LogP contribution in [0.25, 0.3) is 0 Å². The molecule has 0 heterocycles. The van der Waals surface area contributed by atoms with E-state index in [1.54, 1.807) is 0 Å². The molecule has 0 nitrogen and oxygen atoms in total. The summed E-state index contributed by atoms with van der Waals surface area (Å²) in [7, 11) is 1.33. The predicted octanol–water partition coefficient (Wildman–Crippen LogP) is 3.55. The molecule has 0 radical (unpaired) electrons. The van der Waals surface area contributed by atoms with E-state index in [1.807, 2.05) is 0 Å². The van der Waals surface area contributed by atoms with Crippen LogP contribution in [-0.4, -0.2) is 10.2 Å². The standard InChI is InChI=1S/C12H28Si/c1-5-6-7-8-9-10-11(2)12(3,4)13/h11H,5-10H2,1-4,13H3. The van der Waals surface area contributed by atoms with Crippen LogP contribution in [0.2, 0.25) is 5.04 Å². The van der Waals surface area contributed by atoms with Gasteiger partial charge < -0.3 is 0 Å². The molecule has 0 aromatic carbocycles. The van der Waals surface area contributed by atoms with E-state index >= 15 is 0 Å². The zero-order chi connectivity index (χ0) is 10.3. The molecule has 0 bridgehead atoms. The molecule has 0 aromatic rings. The molecule has 0 rings (SSSR count). The van der Waals surface area contributed by atoms with E-state index in [9.17, 15) is 0 Å². The van der Waals surface area contributed by atoms with Crippen molar-refractivity contribution in [2.75, 3.05) is 0 Å². The Kier molecular flexibility index (Phi) is 6.75. The van der Waals surface area contributed by atoms with Gasteiger partial charge in [0, 0.05) is 10.2 Å². The van der Waals surface area contributed by atoms with E-state index in [0.717, 1.165) is 5.92 Å². The molecule has 0 N–H and O–H groups in total. The van der Waals surface area contributed by atoms with Gasteiger partial charge in [0.2, 0.25) is 0 Å². The second-order valence-corrected chi connectivity index (χ2v) is 8.05. The smallest absolute Gasteiger partial charge is 0.0103 e. The van der Waals surface area contributed by atoms with Crippen LogP contribution in [0, 0.1) is 5.92 Å². The maximum absolute atomic E-state index is 2.42. The Balaban J connectivity index is 3.32. The summed E-state index contributed by atoms with van der Waals surface area (Å²) < 4.78 is 0. The van der Waals surface area contributed by atoms with Crippen molar-refractivity contribution in [1.29, 1.82) is 0 Å². The number of hydrogen-bond donors (Lipinski definition) is 0. The van der Waals surface area contributed by atoms with Crippen molar-refractivity contribution < 1.29 is 0 Å². The summed E-state index contributed by atoms with van der Waals surface area (Å²) >= 11 is 0. The van der Waals surface area contributed by atoms with Gasteiger partial charge in [-0.2, -0.15) is 0 Å². The topological polar surface area (TPSA) is 0 Å². The van der Waals surface area contributed by atoms with Crippen molar-refractivity contribution in [3.63, 3.8) is 0 Å². The Morgan fingerprint density at radius 1 is 1.08 bits per heavy atom. The Morgan fingerprint density at radius 3 is 2.08 bits per heavy atom. The molecule has 0 saturated carbocycles. The molecule has 0 aliphatic rings. The minimum atomic E-state index is 0.644. The van der Waals surface area contributed by atoms with E-state index in [4.69, 9.17) is 0 Å². The highest BCUT2D eigenvalue weighted by molar-refractivity contribution is 6.14. The minimum Gasteiger partial charge on any atom is -0.0654 e. The molecule has 0 aliphatic carbocycles. The second-order valence-electron chi connectivity index (χ2n) is 5.47. The van der Waals surface area contributed by atoms with Crippen LogP contribution >= 0.6 is 0 Å². The van der Waals surface area contributed by atoms with Gasteiger partial charge in [-0.1, -0.05) is 66.2 Å². The fourth-order valence-corrected chi connectivity index (χ4v) is 1.78. The van der Waals surface area contributed by atoms with Crippen molar-refractivity contribution in [2.45, 2.75) is 71.3 Å². The fraction of sp³-hybridized carbons (Fsp3) is 1.00. The maximum atomic E-state index is 2.42. The summed E-state index contributed by atoms with van der Waals surface area (Å²) in [5.74, 6) is 0.931. The Labute approximate surface area is 87.9 Å². The minimum absolute atomic E-state index is 0.644. The lowest BCUT2D eigenvalue weighted by Gasteiger charge is -2.27. The van der Waals surface area contributed by atoms with E-state index < -0.39 is 0 Å². The first-order valence-electron chi connectivity index (χ1n) is 5.98. The average molecular weight is 200 g/mol. The Hall–Kier alpha value is 0.217. The first kappa shape index (κ1) is 13.2. The highest BCUT2D eigenvalue weighted by atomic mass is 28.1. The monoisotopic (exact) mass is 200 g/mol. The van der Waals surface area contributed by atoms with Crippen molar-refractivity contribution in [2.24, 2.45) is 5.92 Å². The van der Waals surface area contributed by atoms with Gasteiger partial charge in [-0.15, -0.1) is 0 Å². The summed E-state index contributed by atoms with van der Waals surface area (Å²) in [6, 6.07) is 0. The molecule has 1 heteroatoms. The Bertz CT molecular complexity index is 113. The van der Waals surface area contributed by atoms with Crippen molar-refractivity contribution in [1.82, 2.24) is 0 Å². The lowest BCUT2D eigenvalue weighted by atomic mass is 9.91. The van der Waals surface area contributed by atoms with Gasteiger partial charge >= 0.3 is 0 Å². The molecule has 0 aromatic heterocycles. The van der Waals surface area contributed by atoms with Gasteiger partial charge in [-0.05, 0) is 11.0 Å². The third-order valence-corrected chi connectivity index (χ3v) is 4.20. The van der Waals surface area contributed by atoms with Crippen LogP contribution in [-0.2, 0) is 0 Å². The summed E-state index contributed by atoms with van der Waals surface area (Å²) in [6.45, 7) is 9.53. The SMILES string of the molecule is CCCCCCCC(C)C(C)(C)[SiH3]. The van der Waals surface area contributed by atoms with Crippen LogP contribution in [0.4, 0.5) is 0 Å². The molecule has 13 heavy (non-hydrogen) atoms. The van der Waals surface area contributed by atoms with Gasteiger partial charge in [0.05, 0.1) is 0 Å². The second kappa shape index (κ2) is 6.64. The molecule has 80 valence electrons. The van der Waals surface area contributed by atoms with E-state index in [2.05, 4.69) is 27.7 Å². The van der Waals surface area contributed by atoms with Gasteiger partial charge in [0.25, 0.3) is 0 Å². The molecule has 0 amide bonds. The van der Waals surface area contributed by atoms with Gasteiger partial charge in [0.15, 0.2) is 0 Å². The third-order valence-electron chi connectivity index (χ3n) is 3.22. The van der Waals surface area contributed by atoms with Crippen LogP contribution in [0.1, 0.15) is 66.2 Å². The predicted molar refractivity (Wildman–Crippen MR) is 66.5 cm³/mol. The lowest BCUT2D eigenvalue weighted by molar-refractivity contribution is 0.392. The van der Waals surface area contributed by atoms with Crippen LogP contribution in [0.15, 0.2) is 0 Å².